The van der Waals surface area contributed by atoms with E-state index in [4.69, 9.17) is 10.6 Å². The van der Waals surface area contributed by atoms with Crippen LogP contribution in [0.1, 0.15) is 48.2 Å². The van der Waals surface area contributed by atoms with E-state index in [1.807, 2.05) is 6.92 Å². The summed E-state index contributed by atoms with van der Waals surface area (Å²) in [6.45, 7) is 2.90. The number of nitrogen functional groups attached to an aromatic ring is 1. The fourth-order valence-corrected chi connectivity index (χ4v) is 2.60. The first-order chi connectivity index (χ1) is 10.2. The van der Waals surface area contributed by atoms with Gasteiger partial charge in [0.25, 0.3) is 5.91 Å². The van der Waals surface area contributed by atoms with Gasteiger partial charge in [-0.15, -0.1) is 0 Å². The number of hydrogen-bond donors (Lipinski definition) is 3. The number of aromatic nitrogens is 1. The van der Waals surface area contributed by atoms with Crippen molar-refractivity contribution >= 4 is 11.7 Å². The number of anilines is 1. The smallest absolute Gasteiger partial charge is 0.251 e. The van der Waals surface area contributed by atoms with Gasteiger partial charge in [0.15, 0.2) is 0 Å². The van der Waals surface area contributed by atoms with E-state index in [2.05, 4.69) is 15.7 Å². The zero-order valence-electron chi connectivity index (χ0n) is 12.5. The van der Waals surface area contributed by atoms with Crippen LogP contribution in [0.5, 0.6) is 0 Å². The number of pyridine rings is 1. The first-order valence-electron chi connectivity index (χ1n) is 7.54. The van der Waals surface area contributed by atoms with Crippen molar-refractivity contribution in [2.75, 3.05) is 18.6 Å². The standard InChI is InChI=1S/C15H24N4O2/c1-11-9-12(10-14(18-11)19-16)15(20)17-7-8-21-13-5-3-2-4-6-13/h9-10,13H,2-8,16H2,1H3,(H,17,20)(H,18,19). The van der Waals surface area contributed by atoms with Gasteiger partial charge in [0.05, 0.1) is 12.7 Å². The van der Waals surface area contributed by atoms with E-state index in [9.17, 15) is 4.79 Å². The number of aryl methyl sites for hydroxylation is 1. The van der Waals surface area contributed by atoms with E-state index >= 15 is 0 Å². The minimum absolute atomic E-state index is 0.135. The van der Waals surface area contributed by atoms with E-state index in [1.54, 1.807) is 12.1 Å². The lowest BCUT2D eigenvalue weighted by atomic mass is 9.98. The molecular weight excluding hydrogens is 268 g/mol. The van der Waals surface area contributed by atoms with Gasteiger partial charge in [-0.1, -0.05) is 19.3 Å². The monoisotopic (exact) mass is 292 g/mol. The molecule has 0 unspecified atom stereocenters. The van der Waals surface area contributed by atoms with Crippen molar-refractivity contribution in [3.8, 4) is 0 Å². The lowest BCUT2D eigenvalue weighted by Gasteiger charge is -2.22. The van der Waals surface area contributed by atoms with Crippen LogP contribution in [0.4, 0.5) is 5.82 Å². The maximum atomic E-state index is 12.1. The van der Waals surface area contributed by atoms with Crippen molar-refractivity contribution in [1.82, 2.24) is 10.3 Å². The number of amides is 1. The Morgan fingerprint density at radius 1 is 1.38 bits per heavy atom. The van der Waals surface area contributed by atoms with Crippen LogP contribution in [-0.2, 0) is 4.74 Å². The largest absolute Gasteiger partial charge is 0.376 e. The molecule has 0 bridgehead atoms. The predicted octanol–water partition coefficient (Wildman–Crippen LogP) is 1.75. The highest BCUT2D eigenvalue weighted by molar-refractivity contribution is 5.94. The number of nitrogens with one attached hydrogen (secondary N) is 2. The van der Waals surface area contributed by atoms with E-state index in [0.717, 1.165) is 18.5 Å². The fourth-order valence-electron chi connectivity index (χ4n) is 2.60. The maximum Gasteiger partial charge on any atom is 0.251 e. The van der Waals surface area contributed by atoms with Gasteiger partial charge in [-0.3, -0.25) is 4.79 Å². The van der Waals surface area contributed by atoms with E-state index < -0.39 is 0 Å². The second-order valence-electron chi connectivity index (χ2n) is 5.41. The molecule has 1 aromatic heterocycles. The van der Waals surface area contributed by atoms with Gasteiger partial charge in [-0.2, -0.15) is 0 Å². The van der Waals surface area contributed by atoms with Crippen LogP contribution in [0.25, 0.3) is 0 Å². The summed E-state index contributed by atoms with van der Waals surface area (Å²) in [5, 5.41) is 2.86. The molecule has 21 heavy (non-hydrogen) atoms. The first-order valence-corrected chi connectivity index (χ1v) is 7.54. The fraction of sp³-hybridized carbons (Fsp3) is 0.600. The Balaban J connectivity index is 1.75. The molecule has 0 saturated heterocycles. The number of ether oxygens (including phenoxy) is 1. The average molecular weight is 292 g/mol. The summed E-state index contributed by atoms with van der Waals surface area (Å²) in [5.74, 6) is 5.68. The summed E-state index contributed by atoms with van der Waals surface area (Å²) in [6, 6.07) is 3.36. The molecule has 0 radical (unpaired) electrons. The molecule has 0 aromatic carbocycles. The number of carbonyl (C=O) groups is 1. The van der Waals surface area contributed by atoms with Crippen molar-refractivity contribution in [3.05, 3.63) is 23.4 Å². The molecule has 4 N–H and O–H groups in total. The number of carbonyl (C=O) groups excluding carboxylic acids is 1. The van der Waals surface area contributed by atoms with Crippen molar-refractivity contribution in [3.63, 3.8) is 0 Å². The molecule has 116 valence electrons. The highest BCUT2D eigenvalue weighted by Crippen LogP contribution is 2.19. The number of nitrogens with two attached hydrogens (primary N) is 1. The van der Waals surface area contributed by atoms with Gasteiger partial charge >= 0.3 is 0 Å². The Bertz CT molecular complexity index is 473. The summed E-state index contributed by atoms with van der Waals surface area (Å²) in [6.07, 6.45) is 6.47. The van der Waals surface area contributed by atoms with Gasteiger partial charge in [-0.05, 0) is 31.9 Å². The van der Waals surface area contributed by atoms with Gasteiger partial charge < -0.3 is 15.5 Å². The summed E-state index contributed by atoms with van der Waals surface area (Å²) < 4.78 is 5.78. The molecule has 6 nitrogen and oxygen atoms in total. The summed E-state index contributed by atoms with van der Waals surface area (Å²) in [5.41, 5.74) is 3.75. The number of hydrazine groups is 1. The predicted molar refractivity (Wildman–Crippen MR) is 81.9 cm³/mol. The minimum Gasteiger partial charge on any atom is -0.376 e. The molecule has 0 atom stereocenters. The first kappa shape index (κ1) is 15.7. The molecule has 1 heterocycles. The topological polar surface area (TPSA) is 89.3 Å². The van der Waals surface area contributed by atoms with Gasteiger partial charge in [0, 0.05) is 17.8 Å². The maximum absolute atomic E-state index is 12.1. The third-order valence-corrected chi connectivity index (χ3v) is 3.66. The second-order valence-corrected chi connectivity index (χ2v) is 5.41. The van der Waals surface area contributed by atoms with Crippen LogP contribution in [0.15, 0.2) is 12.1 Å². The molecule has 1 amide bonds. The third kappa shape index (κ3) is 4.99. The summed E-state index contributed by atoms with van der Waals surface area (Å²) in [7, 11) is 0. The quantitative estimate of drug-likeness (QED) is 0.422. The molecule has 0 aliphatic heterocycles. The van der Waals surface area contributed by atoms with Gasteiger partial charge in [0.2, 0.25) is 0 Å². The molecule has 1 aliphatic rings. The number of nitrogens with zero attached hydrogens (tertiary/aromatic N) is 1. The van der Waals surface area contributed by atoms with Gasteiger partial charge in [-0.25, -0.2) is 10.8 Å². The van der Waals surface area contributed by atoms with Crippen LogP contribution >= 0.6 is 0 Å². The molecule has 1 aromatic rings. The second kappa shape index (κ2) is 7.95. The van der Waals surface area contributed by atoms with Crippen LogP contribution in [0, 0.1) is 6.92 Å². The zero-order chi connectivity index (χ0) is 15.1. The molecule has 1 aliphatic carbocycles. The summed E-state index contributed by atoms with van der Waals surface area (Å²) in [4.78, 5) is 16.2. The molecule has 1 fully saturated rings. The Labute approximate surface area is 125 Å². The lowest BCUT2D eigenvalue weighted by Crippen LogP contribution is -2.29. The van der Waals surface area contributed by atoms with Crippen LogP contribution in [-0.4, -0.2) is 30.1 Å². The van der Waals surface area contributed by atoms with Gasteiger partial charge in [0.1, 0.15) is 5.82 Å². The summed E-state index contributed by atoms with van der Waals surface area (Å²) >= 11 is 0. The Morgan fingerprint density at radius 2 is 2.14 bits per heavy atom. The van der Waals surface area contributed by atoms with Crippen molar-refractivity contribution < 1.29 is 9.53 Å². The lowest BCUT2D eigenvalue weighted by molar-refractivity contribution is 0.0299. The molecule has 0 spiro atoms. The Hall–Kier alpha value is -1.66. The molecule has 1 saturated carbocycles. The van der Waals surface area contributed by atoms with Crippen LogP contribution < -0.4 is 16.6 Å². The SMILES string of the molecule is Cc1cc(C(=O)NCCOC2CCCCC2)cc(NN)n1. The third-order valence-electron chi connectivity index (χ3n) is 3.66. The van der Waals surface area contributed by atoms with Crippen LogP contribution in [0.2, 0.25) is 0 Å². The molecule has 2 rings (SSSR count). The normalized spacial score (nSPS) is 15.7. The molecular formula is C15H24N4O2. The van der Waals surface area contributed by atoms with E-state index in [-0.39, 0.29) is 5.91 Å². The Morgan fingerprint density at radius 3 is 2.86 bits per heavy atom. The van der Waals surface area contributed by atoms with Crippen molar-refractivity contribution in [1.29, 1.82) is 0 Å². The number of hydrogen-bond acceptors (Lipinski definition) is 5. The van der Waals surface area contributed by atoms with Crippen LogP contribution in [0.3, 0.4) is 0 Å². The highest BCUT2D eigenvalue weighted by Gasteiger charge is 2.13. The zero-order valence-corrected chi connectivity index (χ0v) is 12.5. The van der Waals surface area contributed by atoms with Crippen molar-refractivity contribution in [2.45, 2.75) is 45.1 Å². The van der Waals surface area contributed by atoms with E-state index in [1.165, 1.54) is 19.3 Å². The van der Waals surface area contributed by atoms with Crippen molar-refractivity contribution in [2.24, 2.45) is 5.84 Å². The Kier molecular flexibility index (Phi) is 5.95. The van der Waals surface area contributed by atoms with E-state index in [0.29, 0.717) is 30.6 Å². The molecule has 6 heteroatoms. The number of rotatable bonds is 6. The average Bonchev–Trinajstić information content (AvgIpc) is 2.51. The minimum atomic E-state index is -0.135. The highest BCUT2D eigenvalue weighted by atomic mass is 16.5.